The highest BCUT2D eigenvalue weighted by Crippen LogP contribution is 2.14. The van der Waals surface area contributed by atoms with Crippen molar-refractivity contribution in [2.24, 2.45) is 5.92 Å². The molecule has 17 heavy (non-hydrogen) atoms. The molecule has 0 radical (unpaired) electrons. The molecule has 0 N–H and O–H groups in total. The fraction of sp³-hybridized carbons (Fsp3) is 0.533. The average molecular weight is 233 g/mol. The van der Waals surface area contributed by atoms with Gasteiger partial charge in [-0.05, 0) is 19.5 Å². The van der Waals surface area contributed by atoms with Crippen molar-refractivity contribution in [3.63, 3.8) is 0 Å². The molecule has 1 atom stereocenters. The number of benzene rings is 1. The van der Waals surface area contributed by atoms with E-state index >= 15 is 0 Å². The Balaban J connectivity index is 2.71. The van der Waals surface area contributed by atoms with Crippen LogP contribution in [0.15, 0.2) is 30.3 Å². The third kappa shape index (κ3) is 3.97. The van der Waals surface area contributed by atoms with Crippen LogP contribution < -0.4 is 0 Å². The molecule has 0 fully saturated rings. The van der Waals surface area contributed by atoms with Crippen LogP contribution in [0.2, 0.25) is 0 Å². The molecule has 0 aliphatic carbocycles. The molecule has 0 spiro atoms. The maximum Gasteiger partial charge on any atom is 0.167 e. The van der Waals surface area contributed by atoms with Gasteiger partial charge in [-0.15, -0.1) is 0 Å². The highest BCUT2D eigenvalue weighted by atomic mass is 16.1. The van der Waals surface area contributed by atoms with Crippen molar-refractivity contribution in [3.8, 4) is 0 Å². The Bertz CT molecular complexity index is 330. The van der Waals surface area contributed by atoms with E-state index in [2.05, 4.69) is 25.7 Å². The van der Waals surface area contributed by atoms with Crippen molar-refractivity contribution in [2.75, 3.05) is 19.6 Å². The van der Waals surface area contributed by atoms with Crippen molar-refractivity contribution >= 4 is 5.78 Å². The first-order valence-corrected chi connectivity index (χ1v) is 6.54. The minimum atomic E-state index is 0.122. The number of ketones is 1. The predicted molar refractivity (Wildman–Crippen MR) is 72.3 cm³/mol. The zero-order valence-corrected chi connectivity index (χ0v) is 11.1. The number of hydrogen-bond acceptors (Lipinski definition) is 2. The summed E-state index contributed by atoms with van der Waals surface area (Å²) in [6, 6.07) is 9.62. The molecular weight excluding hydrogens is 210 g/mol. The molecule has 2 heteroatoms. The van der Waals surface area contributed by atoms with Gasteiger partial charge in [0.2, 0.25) is 0 Å². The predicted octanol–water partition coefficient (Wildman–Crippen LogP) is 3.24. The van der Waals surface area contributed by atoms with Crippen LogP contribution in [0.4, 0.5) is 0 Å². The molecule has 1 rings (SSSR count). The van der Waals surface area contributed by atoms with Crippen LogP contribution >= 0.6 is 0 Å². The first kappa shape index (κ1) is 13.9. The largest absolute Gasteiger partial charge is 0.303 e. The minimum absolute atomic E-state index is 0.122. The van der Waals surface area contributed by atoms with Gasteiger partial charge in [0, 0.05) is 18.0 Å². The summed E-state index contributed by atoms with van der Waals surface area (Å²) in [4.78, 5) is 14.6. The summed E-state index contributed by atoms with van der Waals surface area (Å²) in [5, 5.41) is 0. The molecule has 0 heterocycles. The van der Waals surface area contributed by atoms with E-state index < -0.39 is 0 Å². The molecule has 1 unspecified atom stereocenters. The van der Waals surface area contributed by atoms with E-state index in [1.165, 1.54) is 0 Å². The van der Waals surface area contributed by atoms with Gasteiger partial charge in [-0.3, -0.25) is 4.79 Å². The fourth-order valence-corrected chi connectivity index (χ4v) is 2.03. The summed E-state index contributed by atoms with van der Waals surface area (Å²) >= 11 is 0. The second kappa shape index (κ2) is 7.23. The van der Waals surface area contributed by atoms with Gasteiger partial charge < -0.3 is 4.90 Å². The minimum Gasteiger partial charge on any atom is -0.303 e. The number of nitrogens with zero attached hydrogens (tertiary/aromatic N) is 1. The maximum absolute atomic E-state index is 12.3. The van der Waals surface area contributed by atoms with E-state index in [0.717, 1.165) is 31.6 Å². The molecule has 0 amide bonds. The molecule has 2 nitrogen and oxygen atoms in total. The smallest absolute Gasteiger partial charge is 0.167 e. The van der Waals surface area contributed by atoms with Crippen molar-refractivity contribution in [1.29, 1.82) is 0 Å². The lowest BCUT2D eigenvalue weighted by atomic mass is 9.94. The number of carbonyl (C=O) groups is 1. The van der Waals surface area contributed by atoms with Crippen LogP contribution in [0.25, 0.3) is 0 Å². The van der Waals surface area contributed by atoms with E-state index in [1.54, 1.807) is 0 Å². The van der Waals surface area contributed by atoms with Crippen LogP contribution in [0.1, 0.15) is 37.6 Å². The second-order valence-electron chi connectivity index (χ2n) is 4.32. The Hall–Kier alpha value is -1.15. The van der Waals surface area contributed by atoms with E-state index in [9.17, 15) is 4.79 Å². The third-order valence-electron chi connectivity index (χ3n) is 3.29. The lowest BCUT2D eigenvalue weighted by Gasteiger charge is -2.23. The van der Waals surface area contributed by atoms with E-state index in [0.29, 0.717) is 0 Å². The molecule has 0 aliphatic heterocycles. The second-order valence-corrected chi connectivity index (χ2v) is 4.32. The van der Waals surface area contributed by atoms with Crippen molar-refractivity contribution < 1.29 is 4.79 Å². The summed E-state index contributed by atoms with van der Waals surface area (Å²) in [6.45, 7) is 9.27. The van der Waals surface area contributed by atoms with E-state index in [-0.39, 0.29) is 11.7 Å². The SMILES string of the molecule is CCC(CN(CC)CC)C(=O)c1ccccc1. The fourth-order valence-electron chi connectivity index (χ4n) is 2.03. The van der Waals surface area contributed by atoms with Gasteiger partial charge in [0.05, 0.1) is 0 Å². The monoisotopic (exact) mass is 233 g/mol. The van der Waals surface area contributed by atoms with Crippen molar-refractivity contribution in [3.05, 3.63) is 35.9 Å². The van der Waals surface area contributed by atoms with Crippen LogP contribution in [0, 0.1) is 5.92 Å². The molecule has 0 saturated heterocycles. The normalized spacial score (nSPS) is 12.7. The summed E-state index contributed by atoms with van der Waals surface area (Å²) in [6.07, 6.45) is 0.907. The zero-order chi connectivity index (χ0) is 12.7. The van der Waals surface area contributed by atoms with Gasteiger partial charge in [-0.1, -0.05) is 51.1 Å². The number of rotatable bonds is 7. The quantitative estimate of drug-likeness (QED) is 0.674. The maximum atomic E-state index is 12.3. The molecule has 1 aromatic carbocycles. The zero-order valence-electron chi connectivity index (χ0n) is 11.1. The Morgan fingerprint density at radius 1 is 1.12 bits per heavy atom. The van der Waals surface area contributed by atoms with Crippen LogP contribution in [-0.2, 0) is 0 Å². The number of hydrogen-bond donors (Lipinski definition) is 0. The highest BCUT2D eigenvalue weighted by Gasteiger charge is 2.19. The molecule has 0 aromatic heterocycles. The molecular formula is C15H23NO. The van der Waals surface area contributed by atoms with Crippen molar-refractivity contribution in [1.82, 2.24) is 4.90 Å². The number of carbonyl (C=O) groups excluding carboxylic acids is 1. The molecule has 0 aliphatic rings. The summed E-state index contributed by atoms with van der Waals surface area (Å²) < 4.78 is 0. The van der Waals surface area contributed by atoms with Gasteiger partial charge in [0.1, 0.15) is 0 Å². The third-order valence-corrected chi connectivity index (χ3v) is 3.29. The summed E-state index contributed by atoms with van der Waals surface area (Å²) in [5.74, 6) is 0.400. The Kier molecular flexibility index (Phi) is 5.92. The van der Waals surface area contributed by atoms with Gasteiger partial charge in [-0.2, -0.15) is 0 Å². The Morgan fingerprint density at radius 3 is 2.18 bits per heavy atom. The van der Waals surface area contributed by atoms with E-state index in [4.69, 9.17) is 0 Å². The molecule has 0 saturated carbocycles. The molecule has 1 aromatic rings. The number of Topliss-reactive ketones (excluding diaryl/α,β-unsaturated/α-hetero) is 1. The van der Waals surface area contributed by atoms with Crippen LogP contribution in [-0.4, -0.2) is 30.3 Å². The lowest BCUT2D eigenvalue weighted by molar-refractivity contribution is 0.0880. The van der Waals surface area contributed by atoms with Crippen LogP contribution in [0.3, 0.4) is 0 Å². The van der Waals surface area contributed by atoms with Gasteiger partial charge in [0.15, 0.2) is 5.78 Å². The first-order valence-electron chi connectivity index (χ1n) is 6.54. The Labute approximate surface area is 105 Å². The first-order chi connectivity index (χ1) is 8.22. The molecule has 94 valence electrons. The summed E-state index contributed by atoms with van der Waals surface area (Å²) in [5.41, 5.74) is 0.839. The van der Waals surface area contributed by atoms with Crippen molar-refractivity contribution in [2.45, 2.75) is 27.2 Å². The molecule has 0 bridgehead atoms. The van der Waals surface area contributed by atoms with E-state index in [1.807, 2.05) is 30.3 Å². The lowest BCUT2D eigenvalue weighted by Crippen LogP contribution is -2.32. The van der Waals surface area contributed by atoms with Gasteiger partial charge in [0.25, 0.3) is 0 Å². The van der Waals surface area contributed by atoms with Gasteiger partial charge in [-0.25, -0.2) is 0 Å². The van der Waals surface area contributed by atoms with Crippen LogP contribution in [0.5, 0.6) is 0 Å². The van der Waals surface area contributed by atoms with Gasteiger partial charge >= 0.3 is 0 Å². The summed E-state index contributed by atoms with van der Waals surface area (Å²) in [7, 11) is 0. The average Bonchev–Trinajstić information content (AvgIpc) is 2.40. The standard InChI is InChI=1S/C15H23NO/c1-4-13(12-16(5-2)6-3)15(17)14-10-8-7-9-11-14/h7-11,13H,4-6,12H2,1-3H3. The topological polar surface area (TPSA) is 20.3 Å². The highest BCUT2D eigenvalue weighted by molar-refractivity contribution is 5.97. The Morgan fingerprint density at radius 2 is 1.71 bits per heavy atom.